The minimum absolute atomic E-state index is 0. The van der Waals surface area contributed by atoms with Crippen LogP contribution in [0.25, 0.3) is 121 Å². The van der Waals surface area contributed by atoms with Crippen molar-refractivity contribution in [1.82, 2.24) is 18.3 Å². The minimum atomic E-state index is -1.46. The maximum atomic E-state index is 9.43. The Morgan fingerprint density at radius 1 is 0.255 bits per heavy atom. The fourth-order valence-electron chi connectivity index (χ4n) is 18.8. The summed E-state index contributed by atoms with van der Waals surface area (Å²) < 4.78 is 23.9. The Labute approximate surface area is 644 Å². The van der Waals surface area contributed by atoms with Gasteiger partial charge < -0.3 is 37.8 Å². The van der Waals surface area contributed by atoms with Gasteiger partial charge in [0, 0.05) is 81.2 Å². The number of aromatic nitrogens is 4. The van der Waals surface area contributed by atoms with Gasteiger partial charge in [0.15, 0.2) is 0 Å². The summed E-state index contributed by atoms with van der Waals surface area (Å²) in [5.41, 5.74) is 25.7. The van der Waals surface area contributed by atoms with E-state index in [9.17, 15) is 10.0 Å². The summed E-state index contributed by atoms with van der Waals surface area (Å²) in [4.78, 5) is 0. The first-order valence-electron chi connectivity index (χ1n) is 36.6. The highest BCUT2D eigenvalue weighted by Crippen LogP contribution is 2.63. The average molecular weight is 1480 g/mol. The van der Waals surface area contributed by atoms with Gasteiger partial charge in [-0.2, -0.15) is 0 Å². The largest absolute Gasteiger partial charge is 0.488 e. The van der Waals surface area contributed by atoms with Gasteiger partial charge >= 0.3 is 7.12 Å². The predicted octanol–water partition coefficient (Wildman–Crippen LogP) is 24.4. The lowest BCUT2D eigenvalue weighted by Gasteiger charge is -2.45. The van der Waals surface area contributed by atoms with Crippen LogP contribution in [0.4, 0.5) is 0 Å². The second-order valence-corrected chi connectivity index (χ2v) is 29.4. The Hall–Kier alpha value is -13.2. The molecule has 16 aromatic carbocycles. The van der Waals surface area contributed by atoms with Gasteiger partial charge in [-0.25, -0.2) is 0 Å². The summed E-state index contributed by atoms with van der Waals surface area (Å²) in [6.45, 7) is 0. The van der Waals surface area contributed by atoms with Crippen molar-refractivity contribution >= 4 is 116 Å². The summed E-state index contributed by atoms with van der Waals surface area (Å²) in [6.07, 6.45) is 0. The van der Waals surface area contributed by atoms with Crippen molar-refractivity contribution < 1.29 is 19.5 Å². The summed E-state index contributed by atoms with van der Waals surface area (Å²) in [6, 6.07) is 130. The van der Waals surface area contributed by atoms with Crippen LogP contribution in [0.3, 0.4) is 0 Å². The van der Waals surface area contributed by atoms with E-state index in [1.165, 1.54) is 110 Å². The summed E-state index contributed by atoms with van der Waals surface area (Å²) in [7, 11) is -1.46. The van der Waals surface area contributed by atoms with E-state index in [4.69, 9.17) is 9.47 Å². The maximum absolute atomic E-state index is 9.43. The third kappa shape index (κ3) is 9.34. The highest BCUT2D eigenvalue weighted by Gasteiger charge is 2.52. The molecule has 10 heteroatoms. The van der Waals surface area contributed by atoms with Crippen molar-refractivity contribution in [2.24, 2.45) is 0 Å². The molecule has 2 atom stereocenters. The molecular formula is C100H70BBrN4O4. The van der Waals surface area contributed by atoms with Crippen LogP contribution >= 0.6 is 15.9 Å². The average Bonchev–Trinajstić information content (AvgIpc) is 1.38. The van der Waals surface area contributed by atoms with Gasteiger partial charge in [-0.3, -0.25) is 0 Å². The van der Waals surface area contributed by atoms with Gasteiger partial charge in [0.25, 0.3) is 0 Å². The molecule has 0 saturated carbocycles. The van der Waals surface area contributed by atoms with Crippen LogP contribution in [0.15, 0.2) is 368 Å². The van der Waals surface area contributed by atoms with Gasteiger partial charge in [-0.05, 0) is 160 Å². The van der Waals surface area contributed by atoms with Crippen LogP contribution in [-0.4, -0.2) is 35.4 Å². The molecule has 0 radical (unpaired) electrons. The normalized spacial score (nSPS) is 14.9. The second kappa shape index (κ2) is 25.5. The number of hydrogen-bond donors (Lipinski definition) is 2. The number of rotatable bonds is 4. The first-order valence-corrected chi connectivity index (χ1v) is 37.4. The van der Waals surface area contributed by atoms with Gasteiger partial charge in [0.2, 0.25) is 0 Å². The summed E-state index contributed by atoms with van der Waals surface area (Å²) >= 11 is 3.76. The van der Waals surface area contributed by atoms with E-state index in [0.29, 0.717) is 5.46 Å². The molecule has 4 aliphatic heterocycles. The van der Waals surface area contributed by atoms with Gasteiger partial charge in [0.1, 0.15) is 23.0 Å². The third-order valence-electron chi connectivity index (χ3n) is 23.1. The van der Waals surface area contributed by atoms with Gasteiger partial charge in [0.05, 0.1) is 66.3 Å². The molecule has 2 spiro atoms. The molecule has 0 fully saturated rings. The zero-order valence-corrected chi connectivity index (χ0v) is 59.7. The van der Waals surface area contributed by atoms with Crippen molar-refractivity contribution in [3.8, 4) is 56.9 Å². The number of ether oxygens (including phenoxy) is 2. The molecule has 110 heavy (non-hydrogen) atoms. The highest BCUT2D eigenvalue weighted by molar-refractivity contribution is 9.10. The molecule has 2 N–H and O–H groups in total. The summed E-state index contributed by atoms with van der Waals surface area (Å²) in [5, 5.41) is 28.6. The quantitative estimate of drug-likeness (QED) is 0.172. The van der Waals surface area contributed by atoms with Gasteiger partial charge in [-0.1, -0.05) is 273 Å². The molecule has 24 rings (SSSR count). The van der Waals surface area contributed by atoms with E-state index in [1.807, 2.05) is 42.5 Å². The molecule has 0 amide bonds. The number of para-hydroxylation sites is 12. The van der Waals surface area contributed by atoms with Crippen molar-refractivity contribution in [2.45, 2.75) is 25.7 Å². The number of nitrogens with zero attached hydrogens (tertiary/aromatic N) is 4. The number of hydrogen-bond acceptors (Lipinski definition) is 4. The van der Waals surface area contributed by atoms with E-state index in [1.54, 1.807) is 6.07 Å². The van der Waals surface area contributed by atoms with Crippen LogP contribution in [0.1, 0.15) is 59.4 Å². The molecular weight excluding hydrogens is 1410 g/mol. The van der Waals surface area contributed by atoms with Crippen LogP contribution in [0.5, 0.6) is 23.0 Å². The molecule has 0 aliphatic carbocycles. The van der Waals surface area contributed by atoms with E-state index in [2.05, 4.69) is 350 Å². The molecule has 8 heterocycles. The van der Waals surface area contributed by atoms with E-state index < -0.39 is 17.9 Å². The standard InChI is InChI=1S/C49H30N2O.C31H18BrNO.C18H14BNO2.2CH4/c1-2-13-33(14-3-1)50-42-21-8-5-16-35(42)37-29-31(25-27-44(37)50)32-26-28-47-41(30-32)49(39-19-7-11-24-46(39)52-47)38-18-6-10-23-45(38)51-43-22-9-4-15-34(43)36-17-12-20-40(49)48(36)51;32-19-16-17-29-25(18-19)31(23-11-3-6-15-28(23)34-29)22-10-2-5-14-27(22)33-26-13-4-1-8-20(26)21-9-7-12-24(31)30(21)33;21-19(22)13-10-11-18-16(12-13)15-8-4-5-9-17(15)20(18)14-6-2-1-3-7-14;;/h1-30H;1-18H;1-12,21-22H;2*1H4. The number of halogens is 1. The first-order chi connectivity index (χ1) is 53.3. The monoisotopic (exact) mass is 1480 g/mol. The van der Waals surface area contributed by atoms with E-state index >= 15 is 0 Å². The molecule has 0 saturated heterocycles. The minimum Gasteiger partial charge on any atom is -0.457 e. The van der Waals surface area contributed by atoms with Crippen molar-refractivity contribution in [1.29, 1.82) is 0 Å². The molecule has 4 aliphatic rings. The molecule has 0 bridgehead atoms. The zero-order chi connectivity index (χ0) is 71.5. The number of benzene rings is 16. The van der Waals surface area contributed by atoms with E-state index in [0.717, 1.165) is 82.9 Å². The molecule has 20 aromatic rings. The molecule has 4 aromatic heterocycles. The number of fused-ring (bicyclic) bond motifs is 28. The molecule has 524 valence electrons. The fraction of sp³-hybridized carbons (Fsp3) is 0.0400. The fourth-order valence-corrected chi connectivity index (χ4v) is 19.2. The Kier molecular flexibility index (Phi) is 15.3. The Morgan fingerprint density at radius 3 is 1.10 bits per heavy atom. The summed E-state index contributed by atoms with van der Waals surface area (Å²) in [5.74, 6) is 3.60. The zero-order valence-electron chi connectivity index (χ0n) is 58.1. The smallest absolute Gasteiger partial charge is 0.457 e. The van der Waals surface area contributed by atoms with Gasteiger partial charge in [-0.15, -0.1) is 0 Å². The van der Waals surface area contributed by atoms with Crippen molar-refractivity contribution in [3.05, 3.63) is 413 Å². The van der Waals surface area contributed by atoms with Crippen LogP contribution < -0.4 is 14.9 Å². The van der Waals surface area contributed by atoms with Crippen molar-refractivity contribution in [2.75, 3.05) is 0 Å². The van der Waals surface area contributed by atoms with Crippen LogP contribution in [0, 0.1) is 0 Å². The van der Waals surface area contributed by atoms with E-state index in [-0.39, 0.29) is 14.9 Å². The van der Waals surface area contributed by atoms with Crippen molar-refractivity contribution in [3.63, 3.8) is 0 Å². The topological polar surface area (TPSA) is 78.6 Å². The highest BCUT2D eigenvalue weighted by atomic mass is 79.9. The Morgan fingerprint density at radius 2 is 0.600 bits per heavy atom. The van der Waals surface area contributed by atoms with Crippen LogP contribution in [-0.2, 0) is 10.8 Å². The lowest BCUT2D eigenvalue weighted by atomic mass is 9.61. The molecule has 8 nitrogen and oxygen atoms in total. The predicted molar refractivity (Wildman–Crippen MR) is 457 cm³/mol. The second-order valence-electron chi connectivity index (χ2n) is 28.4. The maximum Gasteiger partial charge on any atom is 0.488 e. The Balaban J connectivity index is 0.000000117. The lowest BCUT2D eigenvalue weighted by Crippen LogP contribution is -2.37. The lowest BCUT2D eigenvalue weighted by molar-refractivity contribution is 0.426. The molecule has 2 unspecified atom stereocenters. The SMILES string of the molecule is Brc1ccc2c(c1)C1(c3ccccc3O2)c2ccccc2-n2c3ccccc3c3cccc1c32.C.C.OB(O)c1ccc2c(c1)c1ccccc1n2-c1ccccc1.c1ccc(-n2c3ccccc3c3cc(-c4ccc5c(c4)C4(c6ccccc6O5)c5ccccc5-n5c6ccccc6c6cccc4c65)ccc32)cc1. The Bertz CT molecular complexity index is 7150. The third-order valence-corrected chi connectivity index (χ3v) is 23.6. The van der Waals surface area contributed by atoms with Crippen LogP contribution in [0.2, 0.25) is 0 Å². The first kappa shape index (κ1) is 66.2.